The highest BCUT2D eigenvalue weighted by atomic mass is 32.1. The fourth-order valence-corrected chi connectivity index (χ4v) is 4.71. The summed E-state index contributed by atoms with van der Waals surface area (Å²) in [6.07, 6.45) is 1.60. The number of halogens is 1. The molecule has 0 spiro atoms. The normalized spacial score (nSPS) is 25.7. The molecule has 2 aromatic rings. The third-order valence-corrected chi connectivity index (χ3v) is 6.60. The summed E-state index contributed by atoms with van der Waals surface area (Å²) in [7, 11) is 0. The van der Waals surface area contributed by atoms with Crippen LogP contribution >= 0.6 is 11.3 Å². The molecule has 1 aliphatic heterocycles. The molecule has 1 aromatic carbocycles. The topological polar surface area (TPSA) is 52.6 Å². The molecule has 0 bridgehead atoms. The lowest BCUT2D eigenvalue weighted by molar-refractivity contribution is -0.0648. The Bertz CT molecular complexity index is 812. The number of amides is 1. The summed E-state index contributed by atoms with van der Waals surface area (Å²) in [5, 5.41) is 16.3. The number of aliphatic hydroxyl groups is 1. The number of benzene rings is 1. The van der Waals surface area contributed by atoms with Crippen molar-refractivity contribution < 1.29 is 14.3 Å². The minimum absolute atomic E-state index is 0.106. The number of hydrogen-bond donors (Lipinski definition) is 2. The summed E-state index contributed by atoms with van der Waals surface area (Å²) in [6, 6.07) is 9.00. The van der Waals surface area contributed by atoms with Gasteiger partial charge in [0.1, 0.15) is 5.82 Å². The van der Waals surface area contributed by atoms with Crippen LogP contribution in [0.4, 0.5) is 4.39 Å². The van der Waals surface area contributed by atoms with E-state index in [1.165, 1.54) is 24.3 Å². The van der Waals surface area contributed by atoms with Crippen LogP contribution in [0.15, 0.2) is 41.8 Å². The summed E-state index contributed by atoms with van der Waals surface area (Å²) in [5.74, 6) is -0.675. The largest absolute Gasteiger partial charge is 0.388 e. The number of thiophene rings is 1. The quantitative estimate of drug-likeness (QED) is 0.745. The molecule has 2 N–H and O–H groups in total. The van der Waals surface area contributed by atoms with Crippen LogP contribution in [0.2, 0.25) is 0 Å². The average Bonchev–Trinajstić information content (AvgIpc) is 3.16. The smallest absolute Gasteiger partial charge is 0.251 e. The molecular formula is C23H31FN2O2S. The molecular weight excluding hydrogens is 387 g/mol. The van der Waals surface area contributed by atoms with E-state index in [2.05, 4.69) is 37.1 Å². The van der Waals surface area contributed by atoms with Gasteiger partial charge >= 0.3 is 0 Å². The molecule has 0 radical (unpaired) electrons. The number of carbonyl (C=O) groups excluding carboxylic acids is 1. The molecule has 1 fully saturated rings. The number of piperidine rings is 1. The molecule has 0 unspecified atom stereocenters. The highest BCUT2D eigenvalue weighted by Gasteiger charge is 2.46. The molecule has 3 atom stereocenters. The van der Waals surface area contributed by atoms with Crippen LogP contribution in [0.25, 0.3) is 0 Å². The van der Waals surface area contributed by atoms with E-state index in [0.29, 0.717) is 12.0 Å². The van der Waals surface area contributed by atoms with E-state index < -0.39 is 11.6 Å². The Morgan fingerprint density at radius 2 is 2.00 bits per heavy atom. The predicted molar refractivity (Wildman–Crippen MR) is 116 cm³/mol. The van der Waals surface area contributed by atoms with Gasteiger partial charge in [-0.2, -0.15) is 0 Å². The van der Waals surface area contributed by atoms with Gasteiger partial charge in [0.25, 0.3) is 5.91 Å². The zero-order valence-electron chi connectivity index (χ0n) is 17.6. The van der Waals surface area contributed by atoms with Crippen molar-refractivity contribution in [2.24, 2.45) is 5.41 Å². The molecule has 6 heteroatoms. The van der Waals surface area contributed by atoms with Crippen LogP contribution < -0.4 is 5.32 Å². The second kappa shape index (κ2) is 8.54. The third kappa shape index (κ3) is 5.44. The molecule has 1 saturated heterocycles. The average molecular weight is 419 g/mol. The van der Waals surface area contributed by atoms with Crippen molar-refractivity contribution in [2.75, 3.05) is 13.1 Å². The lowest BCUT2D eigenvalue weighted by Gasteiger charge is -2.49. The maximum atomic E-state index is 13.2. The SMILES string of the molecule is CC(C)(C)CCN1CC[C@@](C)(O)[C@@H](NC(=O)c2ccc(F)cc2)[C@@H]1c1cccs1. The zero-order chi connectivity index (χ0) is 21.2. The van der Waals surface area contributed by atoms with Gasteiger partial charge < -0.3 is 10.4 Å². The van der Waals surface area contributed by atoms with E-state index in [1.807, 2.05) is 11.4 Å². The number of carbonyl (C=O) groups is 1. The summed E-state index contributed by atoms with van der Waals surface area (Å²) >= 11 is 1.64. The Balaban J connectivity index is 1.89. The number of rotatable bonds is 5. The molecule has 3 rings (SSSR count). The maximum Gasteiger partial charge on any atom is 0.251 e. The van der Waals surface area contributed by atoms with Gasteiger partial charge in [0.15, 0.2) is 0 Å². The van der Waals surface area contributed by atoms with Gasteiger partial charge in [0.05, 0.1) is 17.7 Å². The van der Waals surface area contributed by atoms with Crippen LogP contribution in [0.5, 0.6) is 0 Å². The van der Waals surface area contributed by atoms with E-state index >= 15 is 0 Å². The monoisotopic (exact) mass is 418 g/mol. The third-order valence-electron chi connectivity index (χ3n) is 5.66. The van der Waals surface area contributed by atoms with Gasteiger partial charge in [-0.15, -0.1) is 11.3 Å². The summed E-state index contributed by atoms with van der Waals surface area (Å²) < 4.78 is 13.2. The molecule has 0 aliphatic carbocycles. The Morgan fingerprint density at radius 3 is 2.59 bits per heavy atom. The molecule has 1 amide bonds. The van der Waals surface area contributed by atoms with Gasteiger partial charge in [-0.3, -0.25) is 9.69 Å². The number of likely N-dealkylation sites (tertiary alicyclic amines) is 1. The second-order valence-electron chi connectivity index (χ2n) is 9.37. The van der Waals surface area contributed by atoms with Crippen molar-refractivity contribution in [3.05, 3.63) is 58.0 Å². The van der Waals surface area contributed by atoms with Crippen LogP contribution in [0.1, 0.15) is 61.8 Å². The molecule has 2 heterocycles. The first-order chi connectivity index (χ1) is 13.6. The van der Waals surface area contributed by atoms with Crippen LogP contribution in [0, 0.1) is 11.2 Å². The summed E-state index contributed by atoms with van der Waals surface area (Å²) in [4.78, 5) is 16.4. The van der Waals surface area contributed by atoms with Crippen molar-refractivity contribution >= 4 is 17.2 Å². The zero-order valence-corrected chi connectivity index (χ0v) is 18.4. The van der Waals surface area contributed by atoms with Crippen molar-refractivity contribution in [1.82, 2.24) is 10.2 Å². The number of nitrogens with one attached hydrogen (secondary N) is 1. The standard InChI is InChI=1S/C23H31FN2O2S/c1-22(2,3)11-13-26-14-12-23(4,28)20(19(26)18-6-5-15-29-18)25-21(27)16-7-9-17(24)10-8-16/h5-10,15,19-20,28H,11-14H2,1-4H3,(H,25,27)/t19-,20-,23+/m0/s1. The van der Waals surface area contributed by atoms with Crippen molar-refractivity contribution in [1.29, 1.82) is 0 Å². The minimum atomic E-state index is -1.04. The lowest BCUT2D eigenvalue weighted by atomic mass is 9.81. The molecule has 4 nitrogen and oxygen atoms in total. The van der Waals surface area contributed by atoms with E-state index in [-0.39, 0.29) is 23.2 Å². The second-order valence-corrected chi connectivity index (χ2v) is 10.4. The van der Waals surface area contributed by atoms with Gasteiger partial charge in [-0.25, -0.2) is 4.39 Å². The molecule has 1 aromatic heterocycles. The lowest BCUT2D eigenvalue weighted by Crippen LogP contribution is -2.62. The molecule has 0 saturated carbocycles. The van der Waals surface area contributed by atoms with Gasteiger partial charge in [-0.05, 0) is 67.4 Å². The van der Waals surface area contributed by atoms with Gasteiger partial charge in [-0.1, -0.05) is 26.8 Å². The highest BCUT2D eigenvalue weighted by Crippen LogP contribution is 2.39. The van der Waals surface area contributed by atoms with Crippen LogP contribution in [-0.2, 0) is 0 Å². The summed E-state index contributed by atoms with van der Waals surface area (Å²) in [6.45, 7) is 10.1. The number of hydrogen-bond acceptors (Lipinski definition) is 4. The number of nitrogens with zero attached hydrogens (tertiary/aromatic N) is 1. The fourth-order valence-electron chi connectivity index (χ4n) is 3.81. The van der Waals surface area contributed by atoms with Crippen LogP contribution in [0.3, 0.4) is 0 Å². The van der Waals surface area contributed by atoms with E-state index in [9.17, 15) is 14.3 Å². The fraction of sp³-hybridized carbons (Fsp3) is 0.522. The van der Waals surface area contributed by atoms with Crippen molar-refractivity contribution in [3.63, 3.8) is 0 Å². The van der Waals surface area contributed by atoms with E-state index in [0.717, 1.165) is 24.4 Å². The Hall–Kier alpha value is -1.76. The first-order valence-electron chi connectivity index (χ1n) is 10.1. The minimum Gasteiger partial charge on any atom is -0.388 e. The van der Waals surface area contributed by atoms with Crippen LogP contribution in [-0.4, -0.2) is 40.6 Å². The molecule has 158 valence electrons. The van der Waals surface area contributed by atoms with E-state index in [1.54, 1.807) is 18.3 Å². The van der Waals surface area contributed by atoms with E-state index in [4.69, 9.17) is 0 Å². The highest BCUT2D eigenvalue weighted by molar-refractivity contribution is 7.10. The summed E-state index contributed by atoms with van der Waals surface area (Å²) in [5.41, 5.74) is -0.450. The molecule has 29 heavy (non-hydrogen) atoms. The van der Waals surface area contributed by atoms with Crippen molar-refractivity contribution in [2.45, 2.75) is 58.2 Å². The first-order valence-corrected chi connectivity index (χ1v) is 11.0. The maximum absolute atomic E-state index is 13.2. The Labute approximate surface area is 176 Å². The Kier molecular flexibility index (Phi) is 6.46. The predicted octanol–water partition coefficient (Wildman–Crippen LogP) is 4.62. The van der Waals surface area contributed by atoms with Crippen molar-refractivity contribution in [3.8, 4) is 0 Å². The molecule has 1 aliphatic rings. The Morgan fingerprint density at radius 1 is 1.31 bits per heavy atom. The van der Waals surface area contributed by atoms with Gasteiger partial charge in [0.2, 0.25) is 0 Å². The first kappa shape index (κ1) is 21.9. The van der Waals surface area contributed by atoms with Gasteiger partial charge in [0, 0.05) is 17.0 Å².